The highest BCUT2D eigenvalue weighted by Gasteiger charge is 2.26. The molecule has 0 spiro atoms. The lowest BCUT2D eigenvalue weighted by Crippen LogP contribution is -2.45. The molecule has 0 aromatic carbocycles. The van der Waals surface area contributed by atoms with Gasteiger partial charge in [0.05, 0.1) is 0 Å². The number of carbonyl (C=O) groups excluding carboxylic acids is 1. The molecule has 1 aliphatic heterocycles. The van der Waals surface area contributed by atoms with Crippen molar-refractivity contribution in [3.05, 3.63) is 0 Å². The quantitative estimate of drug-likeness (QED) is 0.644. The van der Waals surface area contributed by atoms with Gasteiger partial charge in [-0.25, -0.2) is 0 Å². The van der Waals surface area contributed by atoms with Gasteiger partial charge in [0, 0.05) is 18.5 Å². The van der Waals surface area contributed by atoms with E-state index in [-0.39, 0.29) is 5.92 Å². The minimum Gasteiger partial charge on any atom is -0.340 e. The Bertz CT molecular complexity index is 177. The van der Waals surface area contributed by atoms with E-state index in [1.54, 1.807) is 0 Å². The summed E-state index contributed by atoms with van der Waals surface area (Å²) in [5, 5.41) is 0. The van der Waals surface area contributed by atoms with Crippen LogP contribution in [0.25, 0.3) is 0 Å². The molecule has 1 fully saturated rings. The maximum absolute atomic E-state index is 11.8. The second kappa shape index (κ2) is 4.64. The molecule has 13 heavy (non-hydrogen) atoms. The van der Waals surface area contributed by atoms with Crippen LogP contribution in [0.1, 0.15) is 46.5 Å². The highest BCUT2D eigenvalue weighted by molar-refractivity contribution is 5.78. The minimum atomic E-state index is 0.159. The van der Waals surface area contributed by atoms with Gasteiger partial charge in [0.25, 0.3) is 0 Å². The van der Waals surface area contributed by atoms with Crippen molar-refractivity contribution < 1.29 is 4.79 Å². The standard InChI is InChI=1S/C11H21NO/c1-4-10-7-5-6-8-12(10)11(13)9(2)3/h9-10H,4-8H2,1-3H3/t10-/m0/s1. The summed E-state index contributed by atoms with van der Waals surface area (Å²) in [5.74, 6) is 0.499. The van der Waals surface area contributed by atoms with Crippen LogP contribution in [-0.2, 0) is 4.79 Å². The molecule has 1 rings (SSSR count). The van der Waals surface area contributed by atoms with Crippen LogP contribution in [0.5, 0.6) is 0 Å². The number of nitrogens with zero attached hydrogens (tertiary/aromatic N) is 1. The Morgan fingerprint density at radius 3 is 2.69 bits per heavy atom. The predicted molar refractivity (Wildman–Crippen MR) is 54.5 cm³/mol. The van der Waals surface area contributed by atoms with Crippen molar-refractivity contribution in [2.24, 2.45) is 5.92 Å². The van der Waals surface area contributed by atoms with E-state index in [1.165, 1.54) is 19.3 Å². The molecule has 2 heteroatoms. The summed E-state index contributed by atoms with van der Waals surface area (Å²) in [6, 6.07) is 0.517. The molecule has 76 valence electrons. The van der Waals surface area contributed by atoms with Gasteiger partial charge in [0.15, 0.2) is 0 Å². The Labute approximate surface area is 81.3 Å². The molecule has 0 unspecified atom stereocenters. The molecule has 1 aliphatic rings. The SMILES string of the molecule is CC[C@H]1CCCCN1C(=O)C(C)C. The summed E-state index contributed by atoms with van der Waals surface area (Å²) < 4.78 is 0. The summed E-state index contributed by atoms with van der Waals surface area (Å²) in [7, 11) is 0. The van der Waals surface area contributed by atoms with E-state index in [2.05, 4.69) is 11.8 Å². The van der Waals surface area contributed by atoms with Crippen LogP contribution in [0, 0.1) is 5.92 Å². The number of hydrogen-bond acceptors (Lipinski definition) is 1. The van der Waals surface area contributed by atoms with Gasteiger partial charge in [-0.3, -0.25) is 4.79 Å². The Kier molecular flexibility index (Phi) is 3.76. The number of likely N-dealkylation sites (tertiary alicyclic amines) is 1. The number of rotatable bonds is 2. The van der Waals surface area contributed by atoms with Crippen LogP contribution in [0.2, 0.25) is 0 Å². The van der Waals surface area contributed by atoms with Gasteiger partial charge in [-0.1, -0.05) is 20.8 Å². The van der Waals surface area contributed by atoms with Gasteiger partial charge in [-0.15, -0.1) is 0 Å². The third-order valence-electron chi connectivity index (χ3n) is 2.88. The van der Waals surface area contributed by atoms with Gasteiger partial charge in [-0.05, 0) is 25.7 Å². The van der Waals surface area contributed by atoms with Crippen molar-refractivity contribution in [2.45, 2.75) is 52.5 Å². The molecule has 0 aromatic rings. The van der Waals surface area contributed by atoms with Crippen LogP contribution in [0.4, 0.5) is 0 Å². The summed E-state index contributed by atoms with van der Waals surface area (Å²) in [6.45, 7) is 7.14. The van der Waals surface area contributed by atoms with Gasteiger partial charge < -0.3 is 4.90 Å². The number of carbonyl (C=O) groups is 1. The first-order chi connectivity index (χ1) is 6.16. The van der Waals surface area contributed by atoms with Gasteiger partial charge in [0.2, 0.25) is 5.91 Å². The molecule has 1 heterocycles. The van der Waals surface area contributed by atoms with Crippen molar-refractivity contribution in [1.29, 1.82) is 0 Å². The van der Waals surface area contributed by atoms with Gasteiger partial charge >= 0.3 is 0 Å². The van der Waals surface area contributed by atoms with Crippen molar-refractivity contribution in [1.82, 2.24) is 4.90 Å². The fourth-order valence-electron chi connectivity index (χ4n) is 2.05. The maximum atomic E-state index is 11.8. The smallest absolute Gasteiger partial charge is 0.225 e. The number of hydrogen-bond donors (Lipinski definition) is 0. The predicted octanol–water partition coefficient (Wildman–Crippen LogP) is 2.43. The molecule has 0 aromatic heterocycles. The van der Waals surface area contributed by atoms with Crippen molar-refractivity contribution in [3.63, 3.8) is 0 Å². The summed E-state index contributed by atoms with van der Waals surface area (Å²) in [5.41, 5.74) is 0. The lowest BCUT2D eigenvalue weighted by atomic mass is 9.98. The Morgan fingerprint density at radius 2 is 2.15 bits per heavy atom. The first-order valence-corrected chi connectivity index (χ1v) is 5.47. The lowest BCUT2D eigenvalue weighted by Gasteiger charge is -2.36. The molecule has 2 nitrogen and oxygen atoms in total. The normalized spacial score (nSPS) is 23.7. The summed E-state index contributed by atoms with van der Waals surface area (Å²) in [6.07, 6.45) is 4.79. The average molecular weight is 183 g/mol. The van der Waals surface area contributed by atoms with E-state index in [4.69, 9.17) is 0 Å². The molecule has 1 amide bonds. The maximum Gasteiger partial charge on any atom is 0.225 e. The van der Waals surface area contributed by atoms with Crippen molar-refractivity contribution in [2.75, 3.05) is 6.54 Å². The molecule has 0 bridgehead atoms. The van der Waals surface area contributed by atoms with Crippen LogP contribution < -0.4 is 0 Å². The number of piperidine rings is 1. The summed E-state index contributed by atoms with van der Waals surface area (Å²) >= 11 is 0. The molecular formula is C11H21NO. The first kappa shape index (κ1) is 10.6. The average Bonchev–Trinajstić information content (AvgIpc) is 2.16. The topological polar surface area (TPSA) is 20.3 Å². The largest absolute Gasteiger partial charge is 0.340 e. The third-order valence-corrected chi connectivity index (χ3v) is 2.88. The minimum absolute atomic E-state index is 0.159. The zero-order chi connectivity index (χ0) is 9.84. The highest BCUT2D eigenvalue weighted by atomic mass is 16.2. The summed E-state index contributed by atoms with van der Waals surface area (Å²) in [4.78, 5) is 13.9. The molecule has 1 atom stereocenters. The number of amides is 1. The first-order valence-electron chi connectivity index (χ1n) is 5.47. The van der Waals surface area contributed by atoms with Gasteiger partial charge in [0.1, 0.15) is 0 Å². The van der Waals surface area contributed by atoms with Crippen LogP contribution in [0.3, 0.4) is 0 Å². The third kappa shape index (κ3) is 2.45. The Morgan fingerprint density at radius 1 is 1.46 bits per heavy atom. The van der Waals surface area contributed by atoms with E-state index in [9.17, 15) is 4.79 Å². The van der Waals surface area contributed by atoms with Gasteiger partial charge in [-0.2, -0.15) is 0 Å². The van der Waals surface area contributed by atoms with Crippen LogP contribution >= 0.6 is 0 Å². The van der Waals surface area contributed by atoms with E-state index in [0.717, 1.165) is 13.0 Å². The second-order valence-electron chi connectivity index (χ2n) is 4.24. The molecule has 1 saturated heterocycles. The second-order valence-corrected chi connectivity index (χ2v) is 4.24. The molecule has 0 aliphatic carbocycles. The van der Waals surface area contributed by atoms with Crippen LogP contribution in [0.15, 0.2) is 0 Å². The van der Waals surface area contributed by atoms with Crippen molar-refractivity contribution >= 4 is 5.91 Å². The molecule has 0 N–H and O–H groups in total. The zero-order valence-corrected chi connectivity index (χ0v) is 9.05. The van der Waals surface area contributed by atoms with E-state index in [1.807, 2.05) is 13.8 Å². The van der Waals surface area contributed by atoms with Crippen molar-refractivity contribution in [3.8, 4) is 0 Å². The zero-order valence-electron chi connectivity index (χ0n) is 9.05. The Balaban J connectivity index is 2.58. The van der Waals surface area contributed by atoms with Crippen LogP contribution in [-0.4, -0.2) is 23.4 Å². The van der Waals surface area contributed by atoms with E-state index in [0.29, 0.717) is 11.9 Å². The lowest BCUT2D eigenvalue weighted by molar-refractivity contribution is -0.138. The van der Waals surface area contributed by atoms with E-state index < -0.39 is 0 Å². The molecule has 0 saturated carbocycles. The fraction of sp³-hybridized carbons (Fsp3) is 0.909. The molecule has 0 radical (unpaired) electrons. The monoisotopic (exact) mass is 183 g/mol. The molecular weight excluding hydrogens is 162 g/mol. The fourth-order valence-corrected chi connectivity index (χ4v) is 2.05. The highest BCUT2D eigenvalue weighted by Crippen LogP contribution is 2.21. The Hall–Kier alpha value is -0.530. The van der Waals surface area contributed by atoms with E-state index >= 15 is 0 Å².